The zero-order valence-corrected chi connectivity index (χ0v) is 14.4. The number of hydrogen-bond donors (Lipinski definition) is 3. The van der Waals surface area contributed by atoms with Crippen LogP contribution in [0, 0.1) is 5.41 Å². The molecule has 0 aromatic heterocycles. The summed E-state index contributed by atoms with van der Waals surface area (Å²) >= 11 is 0. The van der Waals surface area contributed by atoms with E-state index in [2.05, 4.69) is 34.9 Å². The number of nitrogens with one attached hydrogen (secondary N) is 2. The van der Waals surface area contributed by atoms with Gasteiger partial charge in [0.25, 0.3) is 0 Å². The van der Waals surface area contributed by atoms with Crippen LogP contribution < -0.4 is 10.9 Å². The maximum atomic E-state index is 12.3. The van der Waals surface area contributed by atoms with Crippen LogP contribution in [0.25, 0.3) is 0 Å². The second kappa shape index (κ2) is 6.49. The van der Waals surface area contributed by atoms with E-state index in [1.807, 2.05) is 32.0 Å². The third kappa shape index (κ3) is 3.42. The van der Waals surface area contributed by atoms with Gasteiger partial charge in [-0.1, -0.05) is 44.2 Å². The second-order valence-corrected chi connectivity index (χ2v) is 7.54. The quantitative estimate of drug-likeness (QED) is 0.746. The Balaban J connectivity index is 1.82. The number of aliphatic hydroxyl groups is 1. The molecule has 1 aliphatic heterocycles. The SMILES string of the molecule is CC1NNC(/N=C/C2=C(O)CC(C)(C)CC2=O)C1c1ccccc1. The normalized spacial score (nSPS) is 30.3. The van der Waals surface area contributed by atoms with Crippen molar-refractivity contribution in [3.8, 4) is 0 Å². The van der Waals surface area contributed by atoms with Crippen LogP contribution in [-0.2, 0) is 4.79 Å². The first kappa shape index (κ1) is 16.9. The third-order valence-electron chi connectivity index (χ3n) is 4.78. The molecular formula is C19H25N3O2. The molecule has 3 atom stereocenters. The number of benzene rings is 1. The van der Waals surface area contributed by atoms with E-state index in [0.29, 0.717) is 18.4 Å². The van der Waals surface area contributed by atoms with Gasteiger partial charge in [-0.05, 0) is 17.9 Å². The van der Waals surface area contributed by atoms with E-state index in [-0.39, 0.29) is 35.1 Å². The minimum Gasteiger partial charge on any atom is -0.511 e. The fourth-order valence-electron chi connectivity index (χ4n) is 3.55. The fourth-order valence-corrected chi connectivity index (χ4v) is 3.55. The van der Waals surface area contributed by atoms with Gasteiger partial charge in [0.15, 0.2) is 5.78 Å². The third-order valence-corrected chi connectivity index (χ3v) is 4.78. The van der Waals surface area contributed by atoms with Crippen molar-refractivity contribution >= 4 is 12.0 Å². The number of Topliss-reactive ketones (excluding diaryl/α,β-unsaturated/α-hetero) is 1. The van der Waals surface area contributed by atoms with Crippen LogP contribution in [0.3, 0.4) is 0 Å². The van der Waals surface area contributed by atoms with E-state index in [9.17, 15) is 9.90 Å². The summed E-state index contributed by atoms with van der Waals surface area (Å²) in [6.45, 7) is 6.08. The number of aliphatic hydroxyl groups excluding tert-OH is 1. The largest absolute Gasteiger partial charge is 0.511 e. The molecule has 1 aromatic carbocycles. The number of hydrogen-bond acceptors (Lipinski definition) is 5. The minimum atomic E-state index is -0.188. The van der Waals surface area contributed by atoms with Gasteiger partial charge < -0.3 is 5.11 Å². The number of aliphatic imine (C=N–C) groups is 1. The summed E-state index contributed by atoms with van der Waals surface area (Å²) in [5, 5.41) is 10.2. The van der Waals surface area contributed by atoms with Crippen LogP contribution in [0.4, 0.5) is 0 Å². The molecule has 3 N–H and O–H groups in total. The zero-order chi connectivity index (χ0) is 17.3. The van der Waals surface area contributed by atoms with Crippen LogP contribution in [0.2, 0.25) is 0 Å². The maximum absolute atomic E-state index is 12.3. The lowest BCUT2D eigenvalue weighted by Crippen LogP contribution is -2.32. The van der Waals surface area contributed by atoms with Gasteiger partial charge >= 0.3 is 0 Å². The zero-order valence-electron chi connectivity index (χ0n) is 14.4. The molecular weight excluding hydrogens is 302 g/mol. The van der Waals surface area contributed by atoms with Crippen molar-refractivity contribution in [2.75, 3.05) is 0 Å². The average Bonchev–Trinajstić information content (AvgIpc) is 2.87. The van der Waals surface area contributed by atoms with Gasteiger partial charge in [0.2, 0.25) is 0 Å². The van der Waals surface area contributed by atoms with Gasteiger partial charge in [-0.15, -0.1) is 0 Å². The number of rotatable bonds is 3. The summed E-state index contributed by atoms with van der Waals surface area (Å²) < 4.78 is 0. The summed E-state index contributed by atoms with van der Waals surface area (Å²) in [4.78, 5) is 16.9. The molecule has 1 aromatic rings. The first-order valence-electron chi connectivity index (χ1n) is 8.42. The van der Waals surface area contributed by atoms with Crippen LogP contribution in [-0.4, -0.2) is 29.3 Å². The lowest BCUT2D eigenvalue weighted by Gasteiger charge is -2.28. The van der Waals surface area contributed by atoms with E-state index < -0.39 is 0 Å². The van der Waals surface area contributed by atoms with Crippen molar-refractivity contribution in [3.05, 3.63) is 47.2 Å². The predicted octanol–water partition coefficient (Wildman–Crippen LogP) is 2.86. The molecule has 5 heteroatoms. The maximum Gasteiger partial charge on any atom is 0.168 e. The Hall–Kier alpha value is -1.98. The van der Waals surface area contributed by atoms with Gasteiger partial charge in [0.05, 0.1) is 5.57 Å². The lowest BCUT2D eigenvalue weighted by atomic mass is 9.77. The Morgan fingerprint density at radius 3 is 2.58 bits per heavy atom. The van der Waals surface area contributed by atoms with Crippen LogP contribution in [0.15, 0.2) is 46.7 Å². The summed E-state index contributed by atoms with van der Waals surface area (Å²) in [6.07, 6.45) is 2.31. The molecule has 0 bridgehead atoms. The van der Waals surface area contributed by atoms with Crippen molar-refractivity contribution in [2.24, 2.45) is 10.4 Å². The monoisotopic (exact) mass is 327 g/mol. The topological polar surface area (TPSA) is 73.7 Å². The Bertz CT molecular complexity index is 679. The molecule has 0 spiro atoms. The number of ketones is 1. The Kier molecular flexibility index (Phi) is 4.56. The van der Waals surface area contributed by atoms with E-state index >= 15 is 0 Å². The average molecular weight is 327 g/mol. The summed E-state index contributed by atoms with van der Waals surface area (Å²) in [6, 6.07) is 10.4. The molecule has 3 unspecified atom stereocenters. The number of nitrogens with zero attached hydrogens (tertiary/aromatic N) is 1. The first-order valence-corrected chi connectivity index (χ1v) is 8.42. The van der Waals surface area contributed by atoms with E-state index in [1.165, 1.54) is 5.56 Å². The number of allylic oxidation sites excluding steroid dienone is 2. The minimum absolute atomic E-state index is 0.0391. The summed E-state index contributed by atoms with van der Waals surface area (Å²) in [5.74, 6) is 0.276. The number of carbonyl (C=O) groups is 1. The summed E-state index contributed by atoms with van der Waals surface area (Å²) in [7, 11) is 0. The fraction of sp³-hybridized carbons (Fsp3) is 0.474. The van der Waals surface area contributed by atoms with Crippen LogP contribution >= 0.6 is 0 Å². The Morgan fingerprint density at radius 2 is 1.92 bits per heavy atom. The molecule has 0 amide bonds. The first-order chi connectivity index (χ1) is 11.4. The molecule has 1 heterocycles. The molecule has 24 heavy (non-hydrogen) atoms. The van der Waals surface area contributed by atoms with E-state index in [0.717, 1.165) is 0 Å². The van der Waals surface area contributed by atoms with E-state index in [1.54, 1.807) is 6.21 Å². The smallest absolute Gasteiger partial charge is 0.168 e. The van der Waals surface area contributed by atoms with E-state index in [4.69, 9.17) is 0 Å². The van der Waals surface area contributed by atoms with Crippen LogP contribution in [0.5, 0.6) is 0 Å². The highest BCUT2D eigenvalue weighted by molar-refractivity contribution is 6.14. The number of carbonyl (C=O) groups excluding carboxylic acids is 1. The molecule has 0 radical (unpaired) electrons. The van der Waals surface area contributed by atoms with Gasteiger partial charge in [0, 0.05) is 31.0 Å². The molecule has 1 fully saturated rings. The highest BCUT2D eigenvalue weighted by atomic mass is 16.3. The molecule has 1 aliphatic carbocycles. The van der Waals surface area contributed by atoms with Crippen molar-refractivity contribution in [2.45, 2.75) is 51.7 Å². The Labute approximate surface area is 142 Å². The van der Waals surface area contributed by atoms with Gasteiger partial charge in [-0.3, -0.25) is 15.2 Å². The molecule has 1 saturated heterocycles. The molecule has 3 rings (SSSR count). The predicted molar refractivity (Wildman–Crippen MR) is 94.9 cm³/mol. The van der Waals surface area contributed by atoms with Crippen molar-refractivity contribution in [3.63, 3.8) is 0 Å². The Morgan fingerprint density at radius 1 is 1.21 bits per heavy atom. The van der Waals surface area contributed by atoms with Gasteiger partial charge in [0.1, 0.15) is 11.9 Å². The molecule has 5 nitrogen and oxygen atoms in total. The van der Waals surface area contributed by atoms with Crippen molar-refractivity contribution in [1.82, 2.24) is 10.9 Å². The molecule has 128 valence electrons. The number of hydrazine groups is 1. The standard InChI is InChI=1S/C19H25N3O2/c1-12-17(13-7-5-4-6-8-13)18(22-21-12)20-11-14-15(23)9-19(2,3)10-16(14)24/h4-8,11-12,17-18,21-23H,9-10H2,1-3H3/b20-11+. The molecule has 2 aliphatic rings. The second-order valence-electron chi connectivity index (χ2n) is 7.54. The summed E-state index contributed by atoms with van der Waals surface area (Å²) in [5.41, 5.74) is 7.75. The van der Waals surface area contributed by atoms with Gasteiger partial charge in [-0.2, -0.15) is 0 Å². The lowest BCUT2D eigenvalue weighted by molar-refractivity contribution is -0.117. The highest BCUT2D eigenvalue weighted by Gasteiger charge is 2.35. The van der Waals surface area contributed by atoms with Crippen LogP contribution in [0.1, 0.15) is 45.1 Å². The van der Waals surface area contributed by atoms with Crippen molar-refractivity contribution in [1.29, 1.82) is 0 Å². The van der Waals surface area contributed by atoms with Gasteiger partial charge in [-0.25, -0.2) is 5.43 Å². The highest BCUT2D eigenvalue weighted by Crippen LogP contribution is 2.35. The molecule has 0 saturated carbocycles. The van der Waals surface area contributed by atoms with Crippen molar-refractivity contribution < 1.29 is 9.90 Å².